The van der Waals surface area contributed by atoms with Crippen LogP contribution in [0.25, 0.3) is 0 Å². The molecule has 0 heterocycles. The van der Waals surface area contributed by atoms with E-state index in [-0.39, 0.29) is 28.2 Å². The number of rotatable bonds is 4. The second-order valence-corrected chi connectivity index (χ2v) is 7.76. The molecule has 164 valence electrons. The fourth-order valence-electron chi connectivity index (χ4n) is 5.13. The zero-order valence-electron chi connectivity index (χ0n) is 16.9. The normalized spacial score (nSPS) is 19.1. The smallest absolute Gasteiger partial charge is 0.325 e. The minimum Gasteiger partial charge on any atom is -0.468 e. The van der Waals surface area contributed by atoms with Gasteiger partial charge in [0.2, 0.25) is 0 Å². The minimum atomic E-state index is -1.77. The molecule has 11 heteroatoms. The number of esters is 1. The number of methoxy groups -OCH3 is 1. The number of non-ortho nitro benzene ring substituents is 3. The number of hydrogen-bond acceptors (Lipinski definition) is 8. The first kappa shape index (κ1) is 20.2. The highest BCUT2D eigenvalue weighted by atomic mass is 16.6. The maximum absolute atomic E-state index is 13.5. The molecule has 11 nitrogen and oxygen atoms in total. The number of nitro benzene ring substituents is 3. The maximum Gasteiger partial charge on any atom is 0.325 e. The van der Waals surface area contributed by atoms with Crippen molar-refractivity contribution in [3.8, 4) is 0 Å². The summed E-state index contributed by atoms with van der Waals surface area (Å²) in [6, 6.07) is 12.2. The number of nitro groups is 3. The summed E-state index contributed by atoms with van der Waals surface area (Å²) >= 11 is 0. The van der Waals surface area contributed by atoms with Gasteiger partial charge in [0.15, 0.2) is 0 Å². The van der Waals surface area contributed by atoms with Gasteiger partial charge < -0.3 is 4.74 Å². The van der Waals surface area contributed by atoms with E-state index in [1.54, 1.807) is 0 Å². The lowest BCUT2D eigenvalue weighted by Crippen LogP contribution is -2.48. The quantitative estimate of drug-likeness (QED) is 0.333. The standard InChI is InChI=1S/C22H13N3O8/c1-33-21(26)22-17-7-4-11(23(27)28)8-16(17)20(14-5-2-12(24(29)30)9-18(14)22)15-6-3-13(25(31)32)10-19(15)22/h2-10,20H,1H3. The maximum atomic E-state index is 13.5. The molecular formula is C22H13N3O8. The lowest BCUT2D eigenvalue weighted by molar-refractivity contribution is -0.385. The Labute approximate surface area is 184 Å². The molecule has 0 fully saturated rings. The monoisotopic (exact) mass is 447 g/mol. The van der Waals surface area contributed by atoms with Crippen molar-refractivity contribution in [3.63, 3.8) is 0 Å². The first-order valence-corrected chi connectivity index (χ1v) is 9.66. The van der Waals surface area contributed by atoms with E-state index in [1.165, 1.54) is 54.6 Å². The zero-order chi connectivity index (χ0) is 23.7. The Bertz CT molecular complexity index is 1370. The van der Waals surface area contributed by atoms with Crippen LogP contribution in [0.3, 0.4) is 0 Å². The molecule has 0 aliphatic heterocycles. The topological polar surface area (TPSA) is 156 Å². The second-order valence-electron chi connectivity index (χ2n) is 7.76. The summed E-state index contributed by atoms with van der Waals surface area (Å²) in [5.74, 6) is -1.42. The SMILES string of the molecule is COC(=O)C12c3ccc([N+](=O)[O-])cc3C(c3ccc([N+](=O)[O-])cc31)c1ccc([N+](=O)[O-])cc12. The van der Waals surface area contributed by atoms with E-state index in [0.717, 1.165) is 7.11 Å². The van der Waals surface area contributed by atoms with Gasteiger partial charge in [-0.2, -0.15) is 0 Å². The molecule has 3 aliphatic rings. The molecule has 3 aliphatic carbocycles. The molecule has 33 heavy (non-hydrogen) atoms. The Morgan fingerprint density at radius 2 is 1.18 bits per heavy atom. The molecule has 0 saturated carbocycles. The van der Waals surface area contributed by atoms with E-state index >= 15 is 0 Å². The molecule has 0 N–H and O–H groups in total. The van der Waals surface area contributed by atoms with Gasteiger partial charge in [-0.15, -0.1) is 0 Å². The Morgan fingerprint density at radius 3 is 1.64 bits per heavy atom. The van der Waals surface area contributed by atoms with Crippen LogP contribution in [0, 0.1) is 30.3 Å². The number of carbonyl (C=O) groups excluding carboxylic acids is 1. The van der Waals surface area contributed by atoms with E-state index in [2.05, 4.69) is 0 Å². The van der Waals surface area contributed by atoms with Gasteiger partial charge in [-0.05, 0) is 33.4 Å². The number of carbonyl (C=O) groups is 1. The molecule has 0 aromatic heterocycles. The third kappa shape index (κ3) is 2.47. The Kier molecular flexibility index (Phi) is 4.09. The number of nitrogens with zero attached hydrogens (tertiary/aromatic N) is 3. The van der Waals surface area contributed by atoms with Crippen molar-refractivity contribution in [2.75, 3.05) is 7.11 Å². The molecule has 0 unspecified atom stereocenters. The molecule has 0 amide bonds. The fourth-order valence-corrected chi connectivity index (χ4v) is 5.13. The molecule has 3 aromatic rings. The van der Waals surface area contributed by atoms with Gasteiger partial charge in [-0.1, -0.05) is 18.2 Å². The van der Waals surface area contributed by atoms with Crippen molar-refractivity contribution in [2.24, 2.45) is 0 Å². The average Bonchev–Trinajstić information content (AvgIpc) is 2.81. The number of hydrogen-bond donors (Lipinski definition) is 0. The van der Waals surface area contributed by atoms with E-state index in [1.807, 2.05) is 0 Å². The lowest BCUT2D eigenvalue weighted by Gasteiger charge is -2.48. The van der Waals surface area contributed by atoms with Crippen LogP contribution < -0.4 is 0 Å². The van der Waals surface area contributed by atoms with Crippen LogP contribution in [0.1, 0.15) is 39.3 Å². The van der Waals surface area contributed by atoms with Crippen LogP contribution in [0.15, 0.2) is 54.6 Å². The zero-order valence-corrected chi connectivity index (χ0v) is 16.9. The average molecular weight is 447 g/mol. The molecule has 2 bridgehead atoms. The second kappa shape index (κ2) is 6.66. The number of benzene rings is 3. The lowest BCUT2D eigenvalue weighted by atomic mass is 9.52. The van der Waals surface area contributed by atoms with E-state index in [0.29, 0.717) is 22.3 Å². The van der Waals surface area contributed by atoms with Gasteiger partial charge in [0, 0.05) is 42.3 Å². The molecule has 6 rings (SSSR count). The first-order valence-electron chi connectivity index (χ1n) is 9.66. The predicted molar refractivity (Wildman–Crippen MR) is 112 cm³/mol. The summed E-state index contributed by atoms with van der Waals surface area (Å²) in [5.41, 5.74) is -0.0560. The third-order valence-electron chi connectivity index (χ3n) is 6.38. The van der Waals surface area contributed by atoms with Crippen LogP contribution in [0.4, 0.5) is 17.1 Å². The summed E-state index contributed by atoms with van der Waals surface area (Å²) < 4.78 is 5.15. The van der Waals surface area contributed by atoms with Crippen LogP contribution in [0.5, 0.6) is 0 Å². The van der Waals surface area contributed by atoms with Gasteiger partial charge in [0.1, 0.15) is 5.41 Å². The summed E-state index contributed by atoms with van der Waals surface area (Å²) in [7, 11) is 1.15. The highest BCUT2D eigenvalue weighted by Gasteiger charge is 2.58. The van der Waals surface area contributed by atoms with Gasteiger partial charge in [-0.25, -0.2) is 0 Å². The molecular weight excluding hydrogens is 434 g/mol. The van der Waals surface area contributed by atoms with Crippen LogP contribution in [-0.2, 0) is 14.9 Å². The van der Waals surface area contributed by atoms with Crippen LogP contribution in [-0.4, -0.2) is 27.8 Å². The van der Waals surface area contributed by atoms with Crippen molar-refractivity contribution < 1.29 is 24.3 Å². The largest absolute Gasteiger partial charge is 0.468 e. The summed E-state index contributed by atoms with van der Waals surface area (Å²) in [6.07, 6.45) is 0. The van der Waals surface area contributed by atoms with Crippen molar-refractivity contribution in [3.05, 3.63) is 118 Å². The molecule has 0 spiro atoms. The van der Waals surface area contributed by atoms with Crippen molar-refractivity contribution in [1.29, 1.82) is 0 Å². The minimum absolute atomic E-state index is 0.187. The van der Waals surface area contributed by atoms with E-state index in [9.17, 15) is 35.1 Å². The Balaban J connectivity index is 1.97. The van der Waals surface area contributed by atoms with Crippen molar-refractivity contribution in [1.82, 2.24) is 0 Å². The highest BCUT2D eigenvalue weighted by Crippen LogP contribution is 2.60. The van der Waals surface area contributed by atoms with Gasteiger partial charge in [-0.3, -0.25) is 35.1 Å². The van der Waals surface area contributed by atoms with Crippen LogP contribution >= 0.6 is 0 Å². The molecule has 0 radical (unpaired) electrons. The highest BCUT2D eigenvalue weighted by molar-refractivity contribution is 5.98. The van der Waals surface area contributed by atoms with Crippen molar-refractivity contribution >= 4 is 23.0 Å². The van der Waals surface area contributed by atoms with Gasteiger partial charge >= 0.3 is 5.97 Å². The summed E-state index contributed by atoms with van der Waals surface area (Å²) in [5, 5.41) is 34.5. The Morgan fingerprint density at radius 1 is 0.727 bits per heavy atom. The fraction of sp³-hybridized carbons (Fsp3) is 0.136. The van der Waals surface area contributed by atoms with Crippen molar-refractivity contribution in [2.45, 2.75) is 11.3 Å². The van der Waals surface area contributed by atoms with Gasteiger partial charge in [0.05, 0.1) is 21.9 Å². The van der Waals surface area contributed by atoms with Crippen LogP contribution in [0.2, 0.25) is 0 Å². The van der Waals surface area contributed by atoms with E-state index in [4.69, 9.17) is 4.74 Å². The summed E-state index contributed by atoms with van der Waals surface area (Å²) in [4.78, 5) is 46.3. The third-order valence-corrected chi connectivity index (χ3v) is 6.38. The first-order chi connectivity index (χ1) is 15.7. The molecule has 0 atom stereocenters. The molecule has 0 saturated heterocycles. The van der Waals surface area contributed by atoms with E-state index < -0.39 is 32.1 Å². The number of ether oxygens (including phenoxy) is 1. The van der Waals surface area contributed by atoms with Gasteiger partial charge in [0.25, 0.3) is 17.1 Å². The summed E-state index contributed by atoms with van der Waals surface area (Å²) in [6.45, 7) is 0. The predicted octanol–water partition coefficient (Wildman–Crippen LogP) is 3.73. The Hall–Kier alpha value is -4.67. The molecule has 3 aromatic carbocycles.